The predicted molar refractivity (Wildman–Crippen MR) is 89.4 cm³/mol. The van der Waals surface area contributed by atoms with E-state index in [9.17, 15) is 0 Å². The van der Waals surface area contributed by atoms with Crippen LogP contribution in [-0.4, -0.2) is 14.8 Å². The van der Waals surface area contributed by atoms with Gasteiger partial charge in [-0.2, -0.15) is 5.10 Å². The van der Waals surface area contributed by atoms with Crippen molar-refractivity contribution in [2.75, 3.05) is 5.32 Å². The smallest absolute Gasteiger partial charge is 0.0934 e. The molecule has 0 aliphatic carbocycles. The average molecular weight is 345 g/mol. The van der Waals surface area contributed by atoms with Gasteiger partial charge in [0.05, 0.1) is 17.4 Å². The lowest BCUT2D eigenvalue weighted by molar-refractivity contribution is 0.532. The Labute approximate surface area is 132 Å². The van der Waals surface area contributed by atoms with Gasteiger partial charge in [-0.05, 0) is 41.9 Å². The summed E-state index contributed by atoms with van der Waals surface area (Å²) in [4.78, 5) is 4.50. The van der Waals surface area contributed by atoms with Crippen LogP contribution in [0, 0.1) is 0 Å². The van der Waals surface area contributed by atoms with Crippen LogP contribution in [0.4, 0.5) is 5.69 Å². The van der Waals surface area contributed by atoms with Gasteiger partial charge in [-0.25, -0.2) is 0 Å². The van der Waals surface area contributed by atoms with Crippen LogP contribution in [0.25, 0.3) is 10.9 Å². The molecule has 0 radical (unpaired) electrons. The fourth-order valence-electron chi connectivity index (χ4n) is 2.22. The average Bonchev–Trinajstić information content (AvgIpc) is 2.93. The first-order valence-electron chi connectivity index (χ1n) is 6.94. The van der Waals surface area contributed by atoms with Gasteiger partial charge in [-0.3, -0.25) is 9.67 Å². The van der Waals surface area contributed by atoms with Gasteiger partial charge in [0.25, 0.3) is 0 Å². The van der Waals surface area contributed by atoms with E-state index in [2.05, 4.69) is 69.6 Å². The van der Waals surface area contributed by atoms with Crippen molar-refractivity contribution in [3.8, 4) is 0 Å². The van der Waals surface area contributed by atoms with E-state index in [4.69, 9.17) is 0 Å². The van der Waals surface area contributed by atoms with Crippen LogP contribution in [0.1, 0.15) is 25.5 Å². The number of nitrogens with one attached hydrogen (secondary N) is 1. The Morgan fingerprint density at radius 3 is 2.90 bits per heavy atom. The maximum atomic E-state index is 4.50. The summed E-state index contributed by atoms with van der Waals surface area (Å²) in [5, 5.41) is 8.92. The number of para-hydroxylation sites is 1. The fraction of sp³-hybridized carbons (Fsp3) is 0.250. The molecular weight excluding hydrogens is 328 g/mol. The third-order valence-corrected chi connectivity index (χ3v) is 3.78. The molecular formula is C16H17BrN4. The van der Waals surface area contributed by atoms with Crippen LogP contribution in [0.3, 0.4) is 0 Å². The van der Waals surface area contributed by atoms with Gasteiger partial charge in [0.15, 0.2) is 0 Å². The molecule has 5 heteroatoms. The summed E-state index contributed by atoms with van der Waals surface area (Å²) in [6, 6.07) is 8.61. The summed E-state index contributed by atoms with van der Waals surface area (Å²) in [5.41, 5.74) is 3.19. The molecule has 0 amide bonds. The summed E-state index contributed by atoms with van der Waals surface area (Å²) < 4.78 is 2.96. The molecule has 0 saturated carbocycles. The van der Waals surface area contributed by atoms with E-state index in [0.717, 1.165) is 33.2 Å². The van der Waals surface area contributed by atoms with Crippen LogP contribution in [0.2, 0.25) is 0 Å². The summed E-state index contributed by atoms with van der Waals surface area (Å²) in [6.45, 7) is 4.98. The lowest BCUT2D eigenvalue weighted by Gasteiger charge is -2.08. The zero-order chi connectivity index (χ0) is 14.8. The lowest BCUT2D eigenvalue weighted by Crippen LogP contribution is -2.01. The highest BCUT2D eigenvalue weighted by atomic mass is 79.9. The summed E-state index contributed by atoms with van der Waals surface area (Å²) >= 11 is 3.46. The van der Waals surface area contributed by atoms with Crippen molar-refractivity contribution in [1.82, 2.24) is 14.8 Å². The summed E-state index contributed by atoms with van der Waals surface area (Å²) in [5.74, 6) is 0. The van der Waals surface area contributed by atoms with Gasteiger partial charge < -0.3 is 5.32 Å². The minimum atomic E-state index is 0.385. The van der Waals surface area contributed by atoms with Crippen molar-refractivity contribution in [2.24, 2.45) is 0 Å². The number of pyridine rings is 1. The first-order valence-corrected chi connectivity index (χ1v) is 7.74. The Bertz CT molecular complexity index is 764. The molecule has 1 N–H and O–H groups in total. The standard InChI is InChI=1S/C16H17BrN4/c1-11(2)21-10-12(8-20-21)7-18-15-5-3-4-13-6-14(17)9-19-16(13)15/h3-6,8-11,18H,7H2,1-2H3. The van der Waals surface area contributed by atoms with Crippen LogP contribution in [-0.2, 0) is 6.54 Å². The van der Waals surface area contributed by atoms with E-state index in [1.54, 1.807) is 0 Å². The zero-order valence-corrected chi connectivity index (χ0v) is 13.6. The maximum absolute atomic E-state index is 4.50. The van der Waals surface area contributed by atoms with E-state index in [1.165, 1.54) is 0 Å². The molecule has 3 rings (SSSR count). The van der Waals surface area contributed by atoms with Crippen LogP contribution >= 0.6 is 15.9 Å². The maximum Gasteiger partial charge on any atom is 0.0934 e. The molecule has 0 unspecified atom stereocenters. The molecule has 3 aromatic rings. The molecule has 0 bridgehead atoms. The predicted octanol–water partition coefficient (Wildman–Crippen LogP) is 4.39. The van der Waals surface area contributed by atoms with Crippen molar-refractivity contribution < 1.29 is 0 Å². The molecule has 4 nitrogen and oxygen atoms in total. The molecule has 21 heavy (non-hydrogen) atoms. The Kier molecular flexibility index (Phi) is 3.92. The van der Waals surface area contributed by atoms with Gasteiger partial charge in [-0.1, -0.05) is 12.1 Å². The molecule has 0 spiro atoms. The van der Waals surface area contributed by atoms with Crippen molar-refractivity contribution in [3.05, 3.63) is 52.9 Å². The molecule has 108 valence electrons. The van der Waals surface area contributed by atoms with Gasteiger partial charge >= 0.3 is 0 Å². The second-order valence-corrected chi connectivity index (χ2v) is 6.22. The second kappa shape index (κ2) is 5.85. The molecule has 0 fully saturated rings. The minimum Gasteiger partial charge on any atom is -0.379 e. The first-order chi connectivity index (χ1) is 10.1. The number of rotatable bonds is 4. The van der Waals surface area contributed by atoms with Crippen LogP contribution < -0.4 is 5.32 Å². The highest BCUT2D eigenvalue weighted by Gasteiger charge is 2.05. The molecule has 0 aliphatic rings. The molecule has 0 aliphatic heterocycles. The Hall–Kier alpha value is -1.88. The SMILES string of the molecule is CC(C)n1cc(CNc2cccc3cc(Br)cnc23)cn1. The third kappa shape index (κ3) is 3.08. The van der Waals surface area contributed by atoms with E-state index in [1.807, 2.05) is 23.1 Å². The molecule has 2 heterocycles. The van der Waals surface area contributed by atoms with E-state index >= 15 is 0 Å². The number of halogens is 1. The monoisotopic (exact) mass is 344 g/mol. The van der Waals surface area contributed by atoms with Gasteiger partial charge in [0.2, 0.25) is 0 Å². The summed E-state index contributed by atoms with van der Waals surface area (Å²) in [6.07, 6.45) is 5.80. The number of anilines is 1. The number of aromatic nitrogens is 3. The third-order valence-electron chi connectivity index (χ3n) is 3.34. The number of nitrogens with zero attached hydrogens (tertiary/aromatic N) is 3. The van der Waals surface area contributed by atoms with E-state index in [-0.39, 0.29) is 0 Å². The van der Waals surface area contributed by atoms with Crippen molar-refractivity contribution >= 4 is 32.5 Å². The highest BCUT2D eigenvalue weighted by Crippen LogP contribution is 2.24. The quantitative estimate of drug-likeness (QED) is 0.763. The Morgan fingerprint density at radius 2 is 2.14 bits per heavy atom. The van der Waals surface area contributed by atoms with Crippen molar-refractivity contribution in [1.29, 1.82) is 0 Å². The Balaban J connectivity index is 1.81. The second-order valence-electron chi connectivity index (χ2n) is 5.31. The number of hydrogen-bond acceptors (Lipinski definition) is 3. The van der Waals surface area contributed by atoms with E-state index < -0.39 is 0 Å². The largest absolute Gasteiger partial charge is 0.379 e. The molecule has 1 aromatic carbocycles. The highest BCUT2D eigenvalue weighted by molar-refractivity contribution is 9.10. The van der Waals surface area contributed by atoms with E-state index in [0.29, 0.717) is 6.04 Å². The lowest BCUT2D eigenvalue weighted by atomic mass is 10.2. The number of benzene rings is 1. The minimum absolute atomic E-state index is 0.385. The topological polar surface area (TPSA) is 42.7 Å². The molecule has 2 aromatic heterocycles. The first kappa shape index (κ1) is 14.1. The van der Waals surface area contributed by atoms with Crippen molar-refractivity contribution in [3.63, 3.8) is 0 Å². The van der Waals surface area contributed by atoms with Crippen molar-refractivity contribution in [2.45, 2.75) is 26.4 Å². The summed E-state index contributed by atoms with van der Waals surface area (Å²) in [7, 11) is 0. The Morgan fingerprint density at radius 1 is 1.29 bits per heavy atom. The van der Waals surface area contributed by atoms with Crippen LogP contribution in [0.15, 0.2) is 47.3 Å². The number of hydrogen-bond donors (Lipinski definition) is 1. The molecule has 0 atom stereocenters. The van der Waals surface area contributed by atoms with Gasteiger partial charge in [-0.15, -0.1) is 0 Å². The zero-order valence-electron chi connectivity index (χ0n) is 12.0. The molecule has 0 saturated heterocycles. The van der Waals surface area contributed by atoms with Gasteiger partial charge in [0.1, 0.15) is 0 Å². The van der Waals surface area contributed by atoms with Crippen LogP contribution in [0.5, 0.6) is 0 Å². The van der Waals surface area contributed by atoms with Gasteiger partial charge in [0, 0.05) is 40.4 Å². The normalized spacial score (nSPS) is 11.2. The number of fused-ring (bicyclic) bond motifs is 1. The fourth-order valence-corrected chi connectivity index (χ4v) is 2.57.